The standard InChI is InChI=1S/C16H17N3O5/c1-9-10(2)18-19(3)16(23)14(9)15(22)17-11-5-4-6-12(7-11)24-8-13(20)21/h4-7H,8H2,1-3H3,(H,17,22)(H,20,21). The smallest absolute Gasteiger partial charge is 0.341 e. The van der Waals surface area contributed by atoms with Crippen LogP contribution in [-0.4, -0.2) is 33.4 Å². The molecule has 0 saturated heterocycles. The highest BCUT2D eigenvalue weighted by Gasteiger charge is 2.18. The number of hydrogen-bond donors (Lipinski definition) is 2. The van der Waals surface area contributed by atoms with Crippen molar-refractivity contribution in [2.75, 3.05) is 11.9 Å². The summed E-state index contributed by atoms with van der Waals surface area (Å²) in [6.45, 7) is 2.89. The van der Waals surface area contributed by atoms with Gasteiger partial charge in [0.05, 0.1) is 5.69 Å². The van der Waals surface area contributed by atoms with Crippen LogP contribution in [0, 0.1) is 13.8 Å². The van der Waals surface area contributed by atoms with Crippen molar-refractivity contribution in [3.63, 3.8) is 0 Å². The average Bonchev–Trinajstić information content (AvgIpc) is 2.51. The maximum absolute atomic E-state index is 12.5. The topological polar surface area (TPSA) is 111 Å². The number of aryl methyl sites for hydroxylation is 2. The van der Waals surface area contributed by atoms with Gasteiger partial charge in [-0.15, -0.1) is 0 Å². The zero-order valence-electron chi connectivity index (χ0n) is 13.5. The van der Waals surface area contributed by atoms with E-state index in [-0.39, 0.29) is 5.56 Å². The Morgan fingerprint density at radius 3 is 2.71 bits per heavy atom. The lowest BCUT2D eigenvalue weighted by Crippen LogP contribution is -2.31. The number of hydrogen-bond acceptors (Lipinski definition) is 5. The quantitative estimate of drug-likeness (QED) is 0.849. The van der Waals surface area contributed by atoms with Gasteiger partial charge >= 0.3 is 5.97 Å². The molecule has 1 aromatic heterocycles. The van der Waals surface area contributed by atoms with E-state index in [2.05, 4.69) is 10.4 Å². The summed E-state index contributed by atoms with van der Waals surface area (Å²) in [6.07, 6.45) is 0. The molecule has 8 nitrogen and oxygen atoms in total. The predicted molar refractivity (Wildman–Crippen MR) is 86.5 cm³/mol. The Labute approximate surface area is 137 Å². The van der Waals surface area contributed by atoms with Gasteiger partial charge in [0.15, 0.2) is 6.61 Å². The fourth-order valence-electron chi connectivity index (χ4n) is 2.12. The first-order valence-corrected chi connectivity index (χ1v) is 7.10. The predicted octanol–water partition coefficient (Wildman–Crippen LogP) is 1.11. The molecule has 0 unspecified atom stereocenters. The third-order valence-electron chi connectivity index (χ3n) is 3.41. The molecule has 0 radical (unpaired) electrons. The number of carbonyl (C=O) groups is 2. The minimum atomic E-state index is -1.10. The van der Waals surface area contributed by atoms with Gasteiger partial charge in [-0.2, -0.15) is 5.10 Å². The number of aromatic nitrogens is 2. The third-order valence-corrected chi connectivity index (χ3v) is 3.41. The van der Waals surface area contributed by atoms with Crippen LogP contribution < -0.4 is 15.6 Å². The Bertz CT molecular complexity index is 857. The SMILES string of the molecule is Cc1nn(C)c(=O)c(C(=O)Nc2cccc(OCC(=O)O)c2)c1C. The maximum Gasteiger partial charge on any atom is 0.341 e. The van der Waals surface area contributed by atoms with Crippen LogP contribution in [0.25, 0.3) is 0 Å². The Balaban J connectivity index is 2.26. The molecular formula is C16H17N3O5. The van der Waals surface area contributed by atoms with E-state index < -0.39 is 24.0 Å². The first-order chi connectivity index (χ1) is 11.3. The van der Waals surface area contributed by atoms with E-state index in [0.29, 0.717) is 22.7 Å². The first kappa shape index (κ1) is 17.2. The summed E-state index contributed by atoms with van der Waals surface area (Å²) in [5, 5.41) is 15.3. The van der Waals surface area contributed by atoms with Crippen LogP contribution in [0.3, 0.4) is 0 Å². The number of nitrogens with one attached hydrogen (secondary N) is 1. The van der Waals surface area contributed by atoms with E-state index in [1.165, 1.54) is 13.1 Å². The third kappa shape index (κ3) is 3.78. The van der Waals surface area contributed by atoms with Crippen molar-refractivity contribution in [3.8, 4) is 5.75 Å². The molecule has 1 amide bonds. The van der Waals surface area contributed by atoms with Crippen molar-refractivity contribution in [2.45, 2.75) is 13.8 Å². The van der Waals surface area contributed by atoms with Gasteiger partial charge < -0.3 is 15.2 Å². The van der Waals surface area contributed by atoms with Crippen molar-refractivity contribution < 1.29 is 19.4 Å². The largest absolute Gasteiger partial charge is 0.482 e. The highest BCUT2D eigenvalue weighted by Crippen LogP contribution is 2.18. The van der Waals surface area contributed by atoms with Gasteiger partial charge in [0.25, 0.3) is 11.5 Å². The lowest BCUT2D eigenvalue weighted by atomic mass is 10.1. The normalized spacial score (nSPS) is 10.3. The number of rotatable bonds is 5. The zero-order chi connectivity index (χ0) is 17.9. The molecule has 2 aromatic rings. The van der Waals surface area contributed by atoms with Gasteiger partial charge in [-0.1, -0.05) is 6.07 Å². The summed E-state index contributed by atoms with van der Waals surface area (Å²) in [5.74, 6) is -1.37. The maximum atomic E-state index is 12.5. The van der Waals surface area contributed by atoms with E-state index in [1.54, 1.807) is 32.0 Å². The summed E-state index contributed by atoms with van der Waals surface area (Å²) in [4.78, 5) is 35.1. The Hall–Kier alpha value is -3.16. The van der Waals surface area contributed by atoms with Gasteiger partial charge in [0.2, 0.25) is 0 Å². The molecule has 0 aliphatic rings. The molecule has 2 N–H and O–H groups in total. The lowest BCUT2D eigenvalue weighted by Gasteiger charge is -2.11. The summed E-state index contributed by atoms with van der Waals surface area (Å²) < 4.78 is 6.17. The van der Waals surface area contributed by atoms with Crippen molar-refractivity contribution in [3.05, 3.63) is 51.4 Å². The number of ether oxygens (including phenoxy) is 1. The number of carbonyl (C=O) groups excluding carboxylic acids is 1. The van der Waals surface area contributed by atoms with Gasteiger partial charge in [-0.05, 0) is 31.5 Å². The number of anilines is 1. The van der Waals surface area contributed by atoms with Gasteiger partial charge in [0, 0.05) is 18.8 Å². The van der Waals surface area contributed by atoms with E-state index >= 15 is 0 Å². The summed E-state index contributed by atoms with van der Waals surface area (Å²) in [7, 11) is 1.48. The number of benzene rings is 1. The highest BCUT2D eigenvalue weighted by molar-refractivity contribution is 6.05. The molecule has 0 saturated carbocycles. The summed E-state index contributed by atoms with van der Waals surface area (Å²) >= 11 is 0. The first-order valence-electron chi connectivity index (χ1n) is 7.10. The molecule has 1 aromatic carbocycles. The average molecular weight is 331 g/mol. The molecule has 1 heterocycles. The molecule has 0 bridgehead atoms. The molecule has 126 valence electrons. The molecule has 24 heavy (non-hydrogen) atoms. The van der Waals surface area contributed by atoms with Gasteiger partial charge in [-0.3, -0.25) is 9.59 Å². The second-order valence-corrected chi connectivity index (χ2v) is 5.18. The number of amides is 1. The second-order valence-electron chi connectivity index (χ2n) is 5.18. The molecule has 0 spiro atoms. The number of nitrogens with zero attached hydrogens (tertiary/aromatic N) is 2. The fourth-order valence-corrected chi connectivity index (χ4v) is 2.12. The van der Waals surface area contributed by atoms with Crippen LogP contribution in [0.2, 0.25) is 0 Å². The molecule has 8 heteroatoms. The lowest BCUT2D eigenvalue weighted by molar-refractivity contribution is -0.139. The minimum absolute atomic E-state index is 0.0156. The minimum Gasteiger partial charge on any atom is -0.482 e. The van der Waals surface area contributed by atoms with Crippen molar-refractivity contribution in [2.24, 2.45) is 7.05 Å². The summed E-state index contributed by atoms with van der Waals surface area (Å²) in [5.41, 5.74) is 1.00. The zero-order valence-corrected chi connectivity index (χ0v) is 13.5. The van der Waals surface area contributed by atoms with Crippen molar-refractivity contribution in [1.29, 1.82) is 0 Å². The molecule has 0 atom stereocenters. The number of carboxylic acids is 1. The highest BCUT2D eigenvalue weighted by atomic mass is 16.5. The summed E-state index contributed by atoms with van der Waals surface area (Å²) in [6, 6.07) is 6.27. The number of carboxylic acid groups (broad SMARTS) is 1. The Morgan fingerprint density at radius 2 is 2.04 bits per heavy atom. The second kappa shape index (κ2) is 6.95. The van der Waals surface area contributed by atoms with E-state index in [0.717, 1.165) is 4.68 Å². The van der Waals surface area contributed by atoms with Crippen molar-refractivity contribution in [1.82, 2.24) is 9.78 Å². The fraction of sp³-hybridized carbons (Fsp3) is 0.250. The Morgan fingerprint density at radius 1 is 1.33 bits per heavy atom. The van der Waals surface area contributed by atoms with E-state index in [1.807, 2.05) is 0 Å². The van der Waals surface area contributed by atoms with Gasteiger partial charge in [-0.25, -0.2) is 9.48 Å². The van der Waals surface area contributed by atoms with Gasteiger partial charge in [0.1, 0.15) is 11.3 Å². The molecule has 0 aliphatic carbocycles. The van der Waals surface area contributed by atoms with Crippen LogP contribution in [0.4, 0.5) is 5.69 Å². The van der Waals surface area contributed by atoms with Crippen molar-refractivity contribution >= 4 is 17.6 Å². The van der Waals surface area contributed by atoms with E-state index in [4.69, 9.17) is 9.84 Å². The Kier molecular flexibility index (Phi) is 4.98. The van der Waals surface area contributed by atoms with Crippen LogP contribution in [0.5, 0.6) is 5.75 Å². The molecule has 2 rings (SSSR count). The van der Waals surface area contributed by atoms with E-state index in [9.17, 15) is 14.4 Å². The monoisotopic (exact) mass is 331 g/mol. The number of aliphatic carboxylic acids is 1. The molecular weight excluding hydrogens is 314 g/mol. The van der Waals surface area contributed by atoms with Crippen LogP contribution in [0.1, 0.15) is 21.6 Å². The molecule has 0 fully saturated rings. The molecule has 0 aliphatic heterocycles. The van der Waals surface area contributed by atoms with Crippen LogP contribution in [-0.2, 0) is 11.8 Å². The van der Waals surface area contributed by atoms with Crippen LogP contribution >= 0.6 is 0 Å². The van der Waals surface area contributed by atoms with Crippen LogP contribution in [0.15, 0.2) is 29.1 Å².